The summed E-state index contributed by atoms with van der Waals surface area (Å²) in [6.45, 7) is 5.09. The Kier molecular flexibility index (Phi) is 6.52. The van der Waals surface area contributed by atoms with Crippen molar-refractivity contribution in [1.29, 1.82) is 0 Å². The van der Waals surface area contributed by atoms with Crippen molar-refractivity contribution in [2.45, 2.75) is 26.4 Å². The van der Waals surface area contributed by atoms with Gasteiger partial charge in [-0.05, 0) is 38.5 Å². The zero-order valence-electron chi connectivity index (χ0n) is 11.8. The lowest BCUT2D eigenvalue weighted by molar-refractivity contribution is 0.0757. The van der Waals surface area contributed by atoms with Crippen LogP contribution in [0.15, 0.2) is 24.3 Å². The molecule has 6 nitrogen and oxygen atoms in total. The first-order valence-corrected chi connectivity index (χ1v) is 6.55. The summed E-state index contributed by atoms with van der Waals surface area (Å²) in [5, 5.41) is 5.22. The molecule has 0 fully saturated rings. The van der Waals surface area contributed by atoms with Crippen LogP contribution in [0.4, 0.5) is 10.5 Å². The second-order valence-electron chi connectivity index (χ2n) is 4.60. The normalized spacial score (nSPS) is 10.3. The van der Waals surface area contributed by atoms with Gasteiger partial charge in [-0.3, -0.25) is 4.79 Å². The number of primary amides is 1. The summed E-state index contributed by atoms with van der Waals surface area (Å²) in [6, 6.07) is 5.94. The number of nitrogens with one attached hydrogen (secondary N) is 2. The van der Waals surface area contributed by atoms with Crippen molar-refractivity contribution in [3.63, 3.8) is 0 Å². The Hall–Kier alpha value is -2.08. The van der Waals surface area contributed by atoms with Gasteiger partial charge in [0.2, 0.25) is 0 Å². The zero-order chi connectivity index (χ0) is 15.0. The molecule has 0 aromatic heterocycles. The number of rotatable bonds is 7. The summed E-state index contributed by atoms with van der Waals surface area (Å²) in [7, 11) is 0. The van der Waals surface area contributed by atoms with Crippen LogP contribution in [0.25, 0.3) is 0 Å². The minimum Gasteiger partial charge on any atom is -0.379 e. The van der Waals surface area contributed by atoms with Crippen LogP contribution in [0, 0.1) is 0 Å². The molecule has 0 aliphatic rings. The molecule has 110 valence electrons. The number of carbonyl (C=O) groups is 2. The number of hydrogen-bond donors (Lipinski definition) is 3. The smallest absolute Gasteiger partial charge is 0.316 e. The lowest BCUT2D eigenvalue weighted by atomic mass is 10.2. The van der Waals surface area contributed by atoms with Crippen molar-refractivity contribution in [2.75, 3.05) is 18.5 Å². The van der Waals surface area contributed by atoms with E-state index < -0.39 is 6.03 Å². The van der Waals surface area contributed by atoms with E-state index in [0.717, 1.165) is 6.42 Å². The number of amides is 3. The Morgan fingerprint density at radius 3 is 2.75 bits per heavy atom. The van der Waals surface area contributed by atoms with Crippen LogP contribution in [0.3, 0.4) is 0 Å². The molecule has 1 rings (SSSR count). The van der Waals surface area contributed by atoms with Crippen LogP contribution in [0.5, 0.6) is 0 Å². The van der Waals surface area contributed by atoms with Gasteiger partial charge in [-0.15, -0.1) is 0 Å². The molecular weight excluding hydrogens is 258 g/mol. The van der Waals surface area contributed by atoms with Gasteiger partial charge >= 0.3 is 6.03 Å². The van der Waals surface area contributed by atoms with Gasteiger partial charge in [0.05, 0.1) is 6.10 Å². The molecule has 0 atom stereocenters. The minimum atomic E-state index is -0.659. The lowest BCUT2D eigenvalue weighted by Gasteiger charge is -2.09. The molecule has 0 aliphatic carbocycles. The fourth-order valence-electron chi connectivity index (χ4n) is 1.58. The van der Waals surface area contributed by atoms with E-state index in [0.29, 0.717) is 24.4 Å². The summed E-state index contributed by atoms with van der Waals surface area (Å²) >= 11 is 0. The van der Waals surface area contributed by atoms with E-state index in [1.807, 2.05) is 13.8 Å². The molecule has 0 aliphatic heterocycles. The van der Waals surface area contributed by atoms with E-state index in [1.54, 1.807) is 24.3 Å². The van der Waals surface area contributed by atoms with Crippen LogP contribution in [0.2, 0.25) is 0 Å². The van der Waals surface area contributed by atoms with Crippen LogP contribution >= 0.6 is 0 Å². The second-order valence-corrected chi connectivity index (χ2v) is 4.60. The Morgan fingerprint density at radius 2 is 2.10 bits per heavy atom. The molecule has 0 spiro atoms. The van der Waals surface area contributed by atoms with Crippen LogP contribution in [-0.2, 0) is 4.74 Å². The number of nitrogens with two attached hydrogens (primary N) is 1. The predicted molar refractivity (Wildman–Crippen MR) is 77.7 cm³/mol. The summed E-state index contributed by atoms with van der Waals surface area (Å²) in [5.41, 5.74) is 5.99. The molecule has 1 aromatic carbocycles. The van der Waals surface area contributed by atoms with Crippen LogP contribution in [-0.4, -0.2) is 31.2 Å². The molecular formula is C14H21N3O3. The highest BCUT2D eigenvalue weighted by atomic mass is 16.5. The maximum Gasteiger partial charge on any atom is 0.316 e. The van der Waals surface area contributed by atoms with Crippen molar-refractivity contribution in [1.82, 2.24) is 5.32 Å². The monoisotopic (exact) mass is 279 g/mol. The van der Waals surface area contributed by atoms with Crippen molar-refractivity contribution >= 4 is 17.6 Å². The number of anilines is 1. The number of urea groups is 1. The van der Waals surface area contributed by atoms with E-state index >= 15 is 0 Å². The first-order chi connectivity index (χ1) is 9.49. The highest BCUT2D eigenvalue weighted by Crippen LogP contribution is 2.10. The van der Waals surface area contributed by atoms with Gasteiger partial charge in [-0.2, -0.15) is 0 Å². The van der Waals surface area contributed by atoms with Crippen molar-refractivity contribution in [3.05, 3.63) is 29.8 Å². The van der Waals surface area contributed by atoms with Crippen molar-refractivity contribution in [3.8, 4) is 0 Å². The van der Waals surface area contributed by atoms with Gasteiger partial charge in [-0.25, -0.2) is 4.79 Å². The van der Waals surface area contributed by atoms with E-state index in [4.69, 9.17) is 10.5 Å². The van der Waals surface area contributed by atoms with E-state index in [1.165, 1.54) is 0 Å². The number of hydrogen-bond acceptors (Lipinski definition) is 3. The third kappa shape index (κ3) is 6.19. The molecule has 3 amide bonds. The number of carbonyl (C=O) groups excluding carboxylic acids is 2. The maximum absolute atomic E-state index is 11.9. The highest BCUT2D eigenvalue weighted by molar-refractivity contribution is 5.96. The molecule has 0 radical (unpaired) electrons. The Bertz CT molecular complexity index is 461. The van der Waals surface area contributed by atoms with Gasteiger partial charge in [0.1, 0.15) is 0 Å². The summed E-state index contributed by atoms with van der Waals surface area (Å²) in [5.74, 6) is -0.192. The van der Waals surface area contributed by atoms with E-state index in [2.05, 4.69) is 10.6 Å². The zero-order valence-corrected chi connectivity index (χ0v) is 11.8. The van der Waals surface area contributed by atoms with Crippen molar-refractivity contribution in [2.24, 2.45) is 5.73 Å². The molecule has 0 saturated carbocycles. The van der Waals surface area contributed by atoms with Gasteiger partial charge < -0.3 is 21.1 Å². The van der Waals surface area contributed by atoms with Gasteiger partial charge in [0, 0.05) is 24.4 Å². The lowest BCUT2D eigenvalue weighted by Crippen LogP contribution is -2.26. The topological polar surface area (TPSA) is 93.4 Å². The van der Waals surface area contributed by atoms with E-state index in [9.17, 15) is 9.59 Å². The third-order valence-corrected chi connectivity index (χ3v) is 2.45. The van der Waals surface area contributed by atoms with E-state index in [-0.39, 0.29) is 12.0 Å². The molecule has 4 N–H and O–H groups in total. The number of benzene rings is 1. The maximum atomic E-state index is 11.9. The molecule has 0 unspecified atom stereocenters. The molecule has 6 heteroatoms. The van der Waals surface area contributed by atoms with Crippen LogP contribution in [0.1, 0.15) is 30.6 Å². The molecule has 0 bridgehead atoms. The SMILES string of the molecule is CC(C)OCCCNC(=O)c1cccc(NC(N)=O)c1. The molecule has 1 aromatic rings. The quantitative estimate of drug-likeness (QED) is 0.663. The summed E-state index contributed by atoms with van der Waals surface area (Å²) in [6.07, 6.45) is 0.950. The Morgan fingerprint density at radius 1 is 1.35 bits per heavy atom. The fraction of sp³-hybridized carbons (Fsp3) is 0.429. The first-order valence-electron chi connectivity index (χ1n) is 6.55. The number of ether oxygens (including phenoxy) is 1. The Labute approximate surface area is 118 Å². The van der Waals surface area contributed by atoms with Crippen molar-refractivity contribution < 1.29 is 14.3 Å². The summed E-state index contributed by atoms with van der Waals surface area (Å²) < 4.78 is 5.38. The second kappa shape index (κ2) is 8.16. The van der Waals surface area contributed by atoms with Gasteiger partial charge in [0.25, 0.3) is 5.91 Å². The average Bonchev–Trinajstić information content (AvgIpc) is 2.37. The van der Waals surface area contributed by atoms with Gasteiger partial charge in [-0.1, -0.05) is 6.07 Å². The molecule has 20 heavy (non-hydrogen) atoms. The predicted octanol–water partition coefficient (Wildman–Crippen LogP) is 1.72. The Balaban J connectivity index is 2.41. The standard InChI is InChI=1S/C14H21N3O3/c1-10(2)20-8-4-7-16-13(18)11-5-3-6-12(9-11)17-14(15)19/h3,5-6,9-10H,4,7-8H2,1-2H3,(H,16,18)(H3,15,17,19). The largest absolute Gasteiger partial charge is 0.379 e. The first kappa shape index (κ1) is 16.0. The average molecular weight is 279 g/mol. The summed E-state index contributed by atoms with van der Waals surface area (Å²) in [4.78, 5) is 22.6. The molecule has 0 saturated heterocycles. The highest BCUT2D eigenvalue weighted by Gasteiger charge is 2.06. The fourth-order valence-corrected chi connectivity index (χ4v) is 1.58. The van der Waals surface area contributed by atoms with Crippen LogP contribution < -0.4 is 16.4 Å². The third-order valence-electron chi connectivity index (χ3n) is 2.45. The minimum absolute atomic E-state index is 0.192. The van der Waals surface area contributed by atoms with Gasteiger partial charge in [0.15, 0.2) is 0 Å². The molecule has 0 heterocycles.